The number of aliphatic imine (C=N–C) groups is 2. The summed E-state index contributed by atoms with van der Waals surface area (Å²) in [4.78, 5) is 61.4. The number of methoxy groups -OCH3 is 1. The van der Waals surface area contributed by atoms with Crippen LogP contribution in [0.15, 0.2) is 82.3 Å². The van der Waals surface area contributed by atoms with Crippen molar-refractivity contribution in [3.8, 4) is 0 Å². The standard InChI is InChI=1S/C31H31N3O7/c1-19-24(29(37)40-5)25(21-13-9-14-22(17-21)34(38)39)26(27(33-19)20-11-7-6-8-12-20)28(36)31(15-10-16-32-31)18-23(35)41-30(2,3)4/h6-17,24-25H,18H2,1-5H3. The van der Waals surface area contributed by atoms with Crippen molar-refractivity contribution >= 4 is 41.0 Å². The molecule has 0 radical (unpaired) electrons. The summed E-state index contributed by atoms with van der Waals surface area (Å²) in [6.45, 7) is 6.82. The molecule has 0 amide bonds. The second-order valence-corrected chi connectivity index (χ2v) is 10.9. The molecule has 10 nitrogen and oxygen atoms in total. The first-order valence-corrected chi connectivity index (χ1v) is 13.0. The van der Waals surface area contributed by atoms with Gasteiger partial charge in [0.1, 0.15) is 11.5 Å². The number of carbonyl (C=O) groups excluding carboxylic acids is 3. The summed E-state index contributed by atoms with van der Waals surface area (Å²) in [6, 6.07) is 14.7. The predicted octanol–water partition coefficient (Wildman–Crippen LogP) is 5.03. The van der Waals surface area contributed by atoms with Crippen molar-refractivity contribution in [3.05, 3.63) is 93.6 Å². The van der Waals surface area contributed by atoms with E-state index in [0.717, 1.165) is 0 Å². The summed E-state index contributed by atoms with van der Waals surface area (Å²) in [5, 5.41) is 11.7. The van der Waals surface area contributed by atoms with Gasteiger partial charge < -0.3 is 9.47 Å². The minimum absolute atomic E-state index is 0.0879. The van der Waals surface area contributed by atoms with Gasteiger partial charge in [0.15, 0.2) is 11.3 Å². The van der Waals surface area contributed by atoms with Crippen LogP contribution in [-0.2, 0) is 23.9 Å². The van der Waals surface area contributed by atoms with Gasteiger partial charge in [0.05, 0.1) is 24.2 Å². The molecule has 0 fully saturated rings. The number of Topliss-reactive ketones (excluding diaryl/α,β-unsaturated/α-hetero) is 1. The van der Waals surface area contributed by atoms with Crippen molar-refractivity contribution in [2.45, 2.75) is 51.2 Å². The Labute approximate surface area is 237 Å². The highest BCUT2D eigenvalue weighted by Crippen LogP contribution is 2.46. The Morgan fingerprint density at radius 3 is 2.37 bits per heavy atom. The van der Waals surface area contributed by atoms with Crippen LogP contribution < -0.4 is 0 Å². The lowest BCUT2D eigenvalue weighted by atomic mass is 9.70. The van der Waals surface area contributed by atoms with Gasteiger partial charge in [-0.15, -0.1) is 0 Å². The molecule has 4 rings (SSSR count). The van der Waals surface area contributed by atoms with E-state index >= 15 is 0 Å². The number of allylic oxidation sites excluding steroid dienone is 1. The predicted molar refractivity (Wildman–Crippen MR) is 154 cm³/mol. The maximum absolute atomic E-state index is 14.8. The summed E-state index contributed by atoms with van der Waals surface area (Å²) in [7, 11) is 1.23. The van der Waals surface area contributed by atoms with E-state index < -0.39 is 52.0 Å². The van der Waals surface area contributed by atoms with Crippen molar-refractivity contribution in [1.29, 1.82) is 0 Å². The van der Waals surface area contributed by atoms with E-state index in [2.05, 4.69) is 4.99 Å². The van der Waals surface area contributed by atoms with Crippen LogP contribution in [-0.4, -0.2) is 52.8 Å². The van der Waals surface area contributed by atoms with Crippen LogP contribution >= 0.6 is 0 Å². The number of hydrogen-bond donors (Lipinski definition) is 0. The van der Waals surface area contributed by atoms with Gasteiger partial charge in [-0.25, -0.2) is 0 Å². The van der Waals surface area contributed by atoms with Crippen LogP contribution in [0.4, 0.5) is 5.69 Å². The molecular weight excluding hydrogens is 526 g/mol. The quantitative estimate of drug-likeness (QED) is 0.252. The Bertz CT molecular complexity index is 1500. The molecular formula is C31H31N3O7. The van der Waals surface area contributed by atoms with Gasteiger partial charge in [-0.3, -0.25) is 34.5 Å². The summed E-state index contributed by atoms with van der Waals surface area (Å²) >= 11 is 0. The van der Waals surface area contributed by atoms with Crippen LogP contribution in [0.3, 0.4) is 0 Å². The highest BCUT2D eigenvalue weighted by atomic mass is 16.6. The normalized spacial score (nSPS) is 21.8. The smallest absolute Gasteiger partial charge is 0.315 e. The van der Waals surface area contributed by atoms with Crippen LogP contribution in [0.1, 0.15) is 51.2 Å². The summed E-state index contributed by atoms with van der Waals surface area (Å²) in [5.41, 5.74) is -0.995. The minimum Gasteiger partial charge on any atom is -0.468 e. The second kappa shape index (κ2) is 11.4. The molecule has 0 bridgehead atoms. The number of carbonyl (C=O) groups is 3. The molecule has 41 heavy (non-hydrogen) atoms. The van der Waals surface area contributed by atoms with E-state index in [1.54, 1.807) is 64.1 Å². The highest BCUT2D eigenvalue weighted by Gasteiger charge is 2.49. The van der Waals surface area contributed by atoms with Gasteiger partial charge in [0, 0.05) is 41.1 Å². The lowest BCUT2D eigenvalue weighted by molar-refractivity contribution is -0.384. The molecule has 0 N–H and O–H groups in total. The third-order valence-electron chi connectivity index (χ3n) is 6.81. The zero-order valence-electron chi connectivity index (χ0n) is 23.5. The summed E-state index contributed by atoms with van der Waals surface area (Å²) in [5.74, 6) is -3.97. The lowest BCUT2D eigenvalue weighted by Crippen LogP contribution is -2.44. The number of nitrogens with zero attached hydrogens (tertiary/aromatic N) is 3. The van der Waals surface area contributed by atoms with E-state index in [4.69, 9.17) is 14.5 Å². The number of ether oxygens (including phenoxy) is 2. The molecule has 2 aliphatic rings. The fourth-order valence-corrected chi connectivity index (χ4v) is 5.12. The number of rotatable bonds is 8. The molecule has 0 spiro atoms. The zero-order valence-corrected chi connectivity index (χ0v) is 23.5. The third-order valence-corrected chi connectivity index (χ3v) is 6.81. The SMILES string of the molecule is COC(=O)C1C(C)=NC(c2ccccc2)=C(C(=O)C2(CC(=O)OC(C)(C)C)C=CC=N2)C1c1cccc([N+](=O)[O-])c1. The van der Waals surface area contributed by atoms with Crippen molar-refractivity contribution in [1.82, 2.24) is 0 Å². The number of hydrogen-bond acceptors (Lipinski definition) is 9. The Morgan fingerprint density at radius 2 is 1.78 bits per heavy atom. The molecule has 0 aromatic heterocycles. The molecule has 2 aliphatic heterocycles. The highest BCUT2D eigenvalue weighted by molar-refractivity contribution is 6.18. The Balaban J connectivity index is 2.00. The van der Waals surface area contributed by atoms with Crippen LogP contribution in [0.5, 0.6) is 0 Å². The Hall–Kier alpha value is -4.73. The first kappa shape index (κ1) is 29.3. The Morgan fingerprint density at radius 1 is 1.07 bits per heavy atom. The number of nitro groups is 1. The Kier molecular flexibility index (Phi) is 8.14. The molecule has 2 aromatic carbocycles. The lowest BCUT2D eigenvalue weighted by Gasteiger charge is -2.35. The van der Waals surface area contributed by atoms with Crippen molar-refractivity contribution < 1.29 is 28.8 Å². The summed E-state index contributed by atoms with van der Waals surface area (Å²) in [6.07, 6.45) is 4.14. The maximum atomic E-state index is 14.8. The van der Waals surface area contributed by atoms with Gasteiger partial charge in [0.25, 0.3) is 5.69 Å². The average molecular weight is 558 g/mol. The number of nitro benzene ring substituents is 1. The van der Waals surface area contributed by atoms with Crippen LogP contribution in [0, 0.1) is 16.0 Å². The second-order valence-electron chi connectivity index (χ2n) is 10.9. The van der Waals surface area contributed by atoms with Gasteiger partial charge in [-0.05, 0) is 45.4 Å². The third kappa shape index (κ3) is 6.06. The zero-order chi connectivity index (χ0) is 29.9. The van der Waals surface area contributed by atoms with Crippen molar-refractivity contribution in [3.63, 3.8) is 0 Å². The van der Waals surface area contributed by atoms with Gasteiger partial charge in [-0.2, -0.15) is 0 Å². The number of non-ortho nitro benzene ring substituents is 1. The fraction of sp³-hybridized carbons (Fsp3) is 0.323. The van der Waals surface area contributed by atoms with Crippen molar-refractivity contribution in [2.24, 2.45) is 15.9 Å². The molecule has 3 atom stereocenters. The molecule has 3 unspecified atom stereocenters. The molecule has 0 aliphatic carbocycles. The monoisotopic (exact) mass is 557 g/mol. The first-order valence-electron chi connectivity index (χ1n) is 13.0. The molecule has 10 heteroatoms. The number of esters is 2. The van der Waals surface area contributed by atoms with Gasteiger partial charge in [0.2, 0.25) is 0 Å². The maximum Gasteiger partial charge on any atom is 0.315 e. The van der Waals surface area contributed by atoms with Crippen LogP contribution in [0.2, 0.25) is 0 Å². The molecule has 2 aromatic rings. The topological polar surface area (TPSA) is 138 Å². The number of benzene rings is 2. The molecule has 212 valence electrons. The molecule has 0 saturated heterocycles. The van der Waals surface area contributed by atoms with E-state index in [-0.39, 0.29) is 17.0 Å². The van der Waals surface area contributed by atoms with E-state index in [1.807, 2.05) is 6.07 Å². The summed E-state index contributed by atoms with van der Waals surface area (Å²) < 4.78 is 10.7. The fourth-order valence-electron chi connectivity index (χ4n) is 5.12. The minimum atomic E-state index is -1.67. The largest absolute Gasteiger partial charge is 0.468 e. The molecule has 2 heterocycles. The van der Waals surface area contributed by atoms with Crippen LogP contribution in [0.25, 0.3) is 5.70 Å². The molecule has 0 saturated carbocycles. The van der Waals surface area contributed by atoms with E-state index in [9.17, 15) is 24.5 Å². The van der Waals surface area contributed by atoms with E-state index in [0.29, 0.717) is 16.8 Å². The first-order chi connectivity index (χ1) is 19.4. The number of ketones is 1. The average Bonchev–Trinajstić information content (AvgIpc) is 3.40. The van der Waals surface area contributed by atoms with E-state index in [1.165, 1.54) is 37.6 Å². The van der Waals surface area contributed by atoms with Crippen molar-refractivity contribution in [2.75, 3.05) is 7.11 Å². The van der Waals surface area contributed by atoms with Gasteiger partial charge in [-0.1, -0.05) is 42.5 Å². The van der Waals surface area contributed by atoms with Gasteiger partial charge >= 0.3 is 11.9 Å².